The molecule has 1 saturated carbocycles. The number of nitrogens with zero attached hydrogens (tertiary/aromatic N) is 1. The van der Waals surface area contributed by atoms with Crippen LogP contribution >= 0.6 is 0 Å². The number of fused-ring (bicyclic) bond motifs is 1. The first kappa shape index (κ1) is 14.4. The highest BCUT2D eigenvalue weighted by molar-refractivity contribution is 5.96. The quantitative estimate of drug-likeness (QED) is 0.818. The second-order valence-corrected chi connectivity index (χ2v) is 5.80. The second kappa shape index (κ2) is 4.72. The van der Waals surface area contributed by atoms with Crippen molar-refractivity contribution in [3.8, 4) is 5.75 Å². The molecule has 1 heterocycles. The Morgan fingerprint density at radius 2 is 1.59 bits per heavy atom. The first-order valence-corrected chi connectivity index (χ1v) is 6.84. The van der Waals surface area contributed by atoms with E-state index in [1.807, 2.05) is 6.07 Å². The van der Waals surface area contributed by atoms with Gasteiger partial charge in [0, 0.05) is 13.1 Å². The first-order chi connectivity index (χ1) is 10.4. The number of rotatable bonds is 5. The van der Waals surface area contributed by atoms with Crippen LogP contribution in [-0.2, 0) is 14.4 Å². The Kier molecular flexibility index (Phi) is 3.09. The van der Waals surface area contributed by atoms with E-state index in [1.54, 1.807) is 24.3 Å². The number of hydrogen-bond acceptors (Lipinski definition) is 4. The third-order valence-corrected chi connectivity index (χ3v) is 4.59. The minimum atomic E-state index is -1.35. The van der Waals surface area contributed by atoms with Crippen molar-refractivity contribution in [1.82, 2.24) is 4.90 Å². The highest BCUT2D eigenvalue weighted by Gasteiger charge is 2.81. The summed E-state index contributed by atoms with van der Waals surface area (Å²) in [5.74, 6) is -2.19. The third-order valence-electron chi connectivity index (χ3n) is 4.59. The van der Waals surface area contributed by atoms with E-state index >= 15 is 0 Å². The van der Waals surface area contributed by atoms with Gasteiger partial charge in [0.15, 0.2) is 6.61 Å². The largest absolute Gasteiger partial charge is 0.484 e. The van der Waals surface area contributed by atoms with Crippen molar-refractivity contribution >= 4 is 17.8 Å². The van der Waals surface area contributed by atoms with Gasteiger partial charge in [0.2, 0.25) is 0 Å². The Morgan fingerprint density at radius 3 is 2.09 bits per heavy atom. The normalized spacial score (nSPS) is 28.8. The number of hydrogen-bond donors (Lipinski definition) is 2. The number of carbonyl (C=O) groups excluding carboxylic acids is 1. The predicted molar refractivity (Wildman–Crippen MR) is 73.3 cm³/mol. The number of ether oxygens (including phenoxy) is 1. The Bertz CT molecular complexity index is 617. The number of para-hydroxylation sites is 1. The Balaban J connectivity index is 1.66. The van der Waals surface area contributed by atoms with Gasteiger partial charge < -0.3 is 19.8 Å². The fraction of sp³-hybridized carbons (Fsp3) is 0.400. The molecule has 1 saturated heterocycles. The fourth-order valence-electron chi connectivity index (χ4n) is 3.22. The van der Waals surface area contributed by atoms with E-state index in [0.29, 0.717) is 5.75 Å². The van der Waals surface area contributed by atoms with Gasteiger partial charge in [-0.15, -0.1) is 0 Å². The summed E-state index contributed by atoms with van der Waals surface area (Å²) < 4.78 is 5.33. The molecule has 0 bridgehead atoms. The van der Waals surface area contributed by atoms with Crippen LogP contribution in [0.1, 0.15) is 6.42 Å². The minimum absolute atomic E-state index is 0.0774. The zero-order valence-corrected chi connectivity index (χ0v) is 11.7. The number of amides is 1. The van der Waals surface area contributed by atoms with Crippen molar-refractivity contribution in [1.29, 1.82) is 0 Å². The van der Waals surface area contributed by atoms with Gasteiger partial charge in [-0.2, -0.15) is 0 Å². The molecule has 1 aromatic rings. The van der Waals surface area contributed by atoms with Crippen molar-refractivity contribution in [3.63, 3.8) is 0 Å². The smallest absolute Gasteiger partial charge is 0.312 e. The number of piperidine rings is 1. The maximum atomic E-state index is 12.1. The fourth-order valence-corrected chi connectivity index (χ4v) is 3.22. The lowest BCUT2D eigenvalue weighted by Gasteiger charge is -2.20. The van der Waals surface area contributed by atoms with Crippen LogP contribution in [0.15, 0.2) is 30.3 Å². The first-order valence-electron chi connectivity index (χ1n) is 6.84. The molecule has 2 aliphatic rings. The SMILES string of the molecule is O=C(COc1ccccc1)N1C[C@@]2(C(=O)O)C[C@@]2(C(=O)O)C1. The molecule has 2 N–H and O–H groups in total. The summed E-state index contributed by atoms with van der Waals surface area (Å²) in [6.45, 7) is -0.396. The van der Waals surface area contributed by atoms with Crippen molar-refractivity contribution in [2.24, 2.45) is 10.8 Å². The van der Waals surface area contributed by atoms with Crippen LogP contribution < -0.4 is 4.74 Å². The van der Waals surface area contributed by atoms with Crippen LogP contribution in [0.25, 0.3) is 0 Å². The third kappa shape index (κ3) is 1.93. The summed E-state index contributed by atoms with van der Waals surface area (Å²) in [4.78, 5) is 36.2. The number of carboxylic acid groups (broad SMARTS) is 2. The number of benzene rings is 1. The average Bonchev–Trinajstić information content (AvgIpc) is 3.05. The molecule has 0 unspecified atom stereocenters. The van der Waals surface area contributed by atoms with Gasteiger partial charge in [0.25, 0.3) is 5.91 Å². The molecule has 1 aliphatic heterocycles. The average molecular weight is 305 g/mol. The monoisotopic (exact) mass is 305 g/mol. The van der Waals surface area contributed by atoms with Gasteiger partial charge in [-0.25, -0.2) is 0 Å². The van der Waals surface area contributed by atoms with Crippen LogP contribution in [0.3, 0.4) is 0 Å². The zero-order chi connectivity index (χ0) is 16.0. The molecule has 3 rings (SSSR count). The summed E-state index contributed by atoms with van der Waals surface area (Å²) in [6.07, 6.45) is 0.0774. The molecule has 0 aromatic heterocycles. The van der Waals surface area contributed by atoms with Crippen molar-refractivity contribution < 1.29 is 29.3 Å². The summed E-state index contributed by atoms with van der Waals surface area (Å²) in [6, 6.07) is 8.75. The van der Waals surface area contributed by atoms with E-state index in [1.165, 1.54) is 4.90 Å². The summed E-state index contributed by atoms with van der Waals surface area (Å²) in [5.41, 5.74) is -2.69. The lowest BCUT2D eigenvalue weighted by Crippen LogP contribution is -2.37. The van der Waals surface area contributed by atoms with Gasteiger partial charge in [0.1, 0.15) is 16.6 Å². The number of carbonyl (C=O) groups is 3. The molecule has 7 nitrogen and oxygen atoms in total. The van der Waals surface area contributed by atoms with E-state index in [4.69, 9.17) is 4.74 Å². The lowest BCUT2D eigenvalue weighted by molar-refractivity contribution is -0.151. The standard InChI is InChI=1S/C15H15NO6/c17-11(6-22-10-4-2-1-3-5-10)16-8-14(12(18)19)7-15(14,9-16)13(20)21/h1-5H,6-9H2,(H,18,19)(H,20,21)/t14-,15+. The lowest BCUT2D eigenvalue weighted by atomic mass is 9.97. The van der Waals surface area contributed by atoms with Crippen LogP contribution in [0.2, 0.25) is 0 Å². The molecular weight excluding hydrogens is 290 g/mol. The van der Waals surface area contributed by atoms with E-state index in [9.17, 15) is 24.6 Å². The van der Waals surface area contributed by atoms with E-state index in [0.717, 1.165) is 0 Å². The minimum Gasteiger partial charge on any atom is -0.484 e. The zero-order valence-electron chi connectivity index (χ0n) is 11.7. The predicted octanol–water partition coefficient (Wildman–Crippen LogP) is 0.453. The Labute approximate surface area is 126 Å². The maximum absolute atomic E-state index is 12.1. The maximum Gasteiger partial charge on any atom is 0.312 e. The van der Waals surface area contributed by atoms with Gasteiger partial charge >= 0.3 is 11.9 Å². The topological polar surface area (TPSA) is 104 Å². The highest BCUT2D eigenvalue weighted by Crippen LogP contribution is 2.68. The summed E-state index contributed by atoms with van der Waals surface area (Å²) in [7, 11) is 0. The molecule has 0 radical (unpaired) electrons. The number of likely N-dealkylation sites (tertiary alicyclic amines) is 1. The van der Waals surface area contributed by atoms with Crippen molar-refractivity contribution in [2.45, 2.75) is 6.42 Å². The van der Waals surface area contributed by atoms with E-state index in [-0.39, 0.29) is 26.1 Å². The Hall–Kier alpha value is -2.57. The van der Waals surface area contributed by atoms with Crippen LogP contribution in [0.4, 0.5) is 0 Å². The molecule has 1 aromatic carbocycles. The van der Waals surface area contributed by atoms with Crippen molar-refractivity contribution in [2.75, 3.05) is 19.7 Å². The number of carboxylic acids is 2. The molecule has 7 heteroatoms. The second-order valence-electron chi connectivity index (χ2n) is 5.80. The summed E-state index contributed by atoms with van der Waals surface area (Å²) >= 11 is 0. The van der Waals surface area contributed by atoms with Gasteiger partial charge in [0.05, 0.1) is 0 Å². The van der Waals surface area contributed by atoms with Gasteiger partial charge in [-0.05, 0) is 18.6 Å². The summed E-state index contributed by atoms with van der Waals surface area (Å²) in [5, 5.41) is 18.6. The molecule has 22 heavy (non-hydrogen) atoms. The molecule has 0 spiro atoms. The molecule has 1 amide bonds. The molecule has 2 fully saturated rings. The Morgan fingerprint density at radius 1 is 1.05 bits per heavy atom. The van der Waals surface area contributed by atoms with Crippen LogP contribution in [0.5, 0.6) is 5.75 Å². The highest BCUT2D eigenvalue weighted by atomic mass is 16.5. The van der Waals surface area contributed by atoms with Crippen LogP contribution in [0, 0.1) is 10.8 Å². The molecular formula is C15H15NO6. The van der Waals surface area contributed by atoms with E-state index < -0.39 is 28.7 Å². The molecule has 116 valence electrons. The van der Waals surface area contributed by atoms with E-state index in [2.05, 4.69) is 0 Å². The van der Waals surface area contributed by atoms with Crippen molar-refractivity contribution in [3.05, 3.63) is 30.3 Å². The number of aliphatic carboxylic acids is 2. The van der Waals surface area contributed by atoms with Crippen LogP contribution in [-0.4, -0.2) is 52.7 Å². The molecule has 2 atom stereocenters. The molecule has 1 aliphatic carbocycles. The van der Waals surface area contributed by atoms with Gasteiger partial charge in [-0.1, -0.05) is 18.2 Å². The van der Waals surface area contributed by atoms with Gasteiger partial charge in [-0.3, -0.25) is 14.4 Å².